The minimum Gasteiger partial charge on any atom is -0.481 e. The fraction of sp³-hybridized carbons (Fsp3) is 0.308. The number of aryl methyl sites for hydroxylation is 1. The zero-order chi connectivity index (χ0) is 15.4. The zero-order valence-electron chi connectivity index (χ0n) is 11.2. The summed E-state index contributed by atoms with van der Waals surface area (Å²) in [5, 5.41) is 18.2. The second-order valence-corrected chi connectivity index (χ2v) is 6.50. The summed E-state index contributed by atoms with van der Waals surface area (Å²) >= 11 is 10.7. The molecule has 0 saturated carbocycles. The van der Waals surface area contributed by atoms with Crippen LogP contribution >= 0.6 is 39.3 Å². The van der Waals surface area contributed by atoms with Crippen LogP contribution in [0.15, 0.2) is 27.8 Å². The molecule has 1 N–H and O–H groups in total. The molecular formula is C13H13BrClN3O2S. The maximum Gasteiger partial charge on any atom is 0.313 e. The Morgan fingerprint density at radius 3 is 2.90 bits per heavy atom. The summed E-state index contributed by atoms with van der Waals surface area (Å²) in [6.45, 7) is 2.05. The molecule has 21 heavy (non-hydrogen) atoms. The van der Waals surface area contributed by atoms with E-state index >= 15 is 0 Å². The van der Waals surface area contributed by atoms with Gasteiger partial charge in [0.1, 0.15) is 5.82 Å². The maximum absolute atomic E-state index is 10.8. The molecule has 0 amide bonds. The van der Waals surface area contributed by atoms with E-state index in [4.69, 9.17) is 16.7 Å². The van der Waals surface area contributed by atoms with Crippen LogP contribution in [0.2, 0.25) is 5.02 Å². The topological polar surface area (TPSA) is 68.0 Å². The molecule has 1 heterocycles. The number of aliphatic carboxylic acids is 1. The van der Waals surface area contributed by atoms with Gasteiger partial charge in [0.2, 0.25) is 0 Å². The van der Waals surface area contributed by atoms with Crippen molar-refractivity contribution in [3.63, 3.8) is 0 Å². The lowest BCUT2D eigenvalue weighted by Gasteiger charge is -2.11. The molecule has 0 saturated heterocycles. The van der Waals surface area contributed by atoms with Crippen molar-refractivity contribution in [2.45, 2.75) is 24.9 Å². The van der Waals surface area contributed by atoms with Crippen LogP contribution in [0.1, 0.15) is 19.2 Å². The van der Waals surface area contributed by atoms with Gasteiger partial charge in [-0.25, -0.2) is 0 Å². The SMILES string of the molecule is CCCc1nnc(SCC(=O)O)n1-c1cc(Cl)ccc1Br. The summed E-state index contributed by atoms with van der Waals surface area (Å²) in [5.41, 5.74) is 0.809. The van der Waals surface area contributed by atoms with E-state index in [1.807, 2.05) is 10.6 Å². The van der Waals surface area contributed by atoms with E-state index in [9.17, 15) is 4.79 Å². The largest absolute Gasteiger partial charge is 0.481 e. The Kier molecular flexibility index (Phi) is 5.66. The van der Waals surface area contributed by atoms with Gasteiger partial charge in [-0.15, -0.1) is 10.2 Å². The van der Waals surface area contributed by atoms with Gasteiger partial charge in [-0.3, -0.25) is 9.36 Å². The summed E-state index contributed by atoms with van der Waals surface area (Å²) in [6, 6.07) is 5.43. The second-order valence-electron chi connectivity index (χ2n) is 4.26. The molecule has 5 nitrogen and oxygen atoms in total. The fourth-order valence-electron chi connectivity index (χ4n) is 1.80. The van der Waals surface area contributed by atoms with Gasteiger partial charge in [0.25, 0.3) is 0 Å². The predicted molar refractivity (Wildman–Crippen MR) is 86.4 cm³/mol. The number of carboxylic acid groups (broad SMARTS) is 1. The Bertz CT molecular complexity index is 663. The average molecular weight is 391 g/mol. The lowest BCUT2D eigenvalue weighted by atomic mass is 10.3. The number of carbonyl (C=O) groups is 1. The Morgan fingerprint density at radius 1 is 1.48 bits per heavy atom. The smallest absolute Gasteiger partial charge is 0.313 e. The number of nitrogens with zero attached hydrogens (tertiary/aromatic N) is 3. The third-order valence-corrected chi connectivity index (χ3v) is 4.47. The Morgan fingerprint density at radius 2 is 2.24 bits per heavy atom. The van der Waals surface area contributed by atoms with Crippen LogP contribution < -0.4 is 0 Å². The normalized spacial score (nSPS) is 10.8. The number of hydrogen-bond acceptors (Lipinski definition) is 4. The summed E-state index contributed by atoms with van der Waals surface area (Å²) in [5.74, 6) is -0.173. The van der Waals surface area contributed by atoms with Gasteiger partial charge in [-0.1, -0.05) is 30.3 Å². The molecule has 0 unspecified atom stereocenters. The highest BCUT2D eigenvalue weighted by Crippen LogP contribution is 2.30. The first-order chi connectivity index (χ1) is 10.0. The summed E-state index contributed by atoms with van der Waals surface area (Å²) in [7, 11) is 0. The molecule has 0 bridgehead atoms. The van der Waals surface area contributed by atoms with E-state index in [0.29, 0.717) is 10.2 Å². The van der Waals surface area contributed by atoms with Crippen molar-refractivity contribution < 1.29 is 9.90 Å². The average Bonchev–Trinajstić information content (AvgIpc) is 2.82. The first-order valence-electron chi connectivity index (χ1n) is 6.27. The standard InChI is InChI=1S/C13H13BrClN3O2S/c1-2-3-11-16-17-13(21-7-12(19)20)18(11)10-6-8(15)4-5-9(10)14/h4-6H,2-3,7H2,1H3,(H,19,20). The fourth-order valence-corrected chi connectivity index (χ4v) is 3.08. The van der Waals surface area contributed by atoms with Gasteiger partial charge >= 0.3 is 5.97 Å². The third-order valence-electron chi connectivity index (χ3n) is 2.65. The van der Waals surface area contributed by atoms with Crippen molar-refractivity contribution in [2.24, 2.45) is 0 Å². The number of thioether (sulfide) groups is 1. The van der Waals surface area contributed by atoms with Crippen LogP contribution in [-0.2, 0) is 11.2 Å². The maximum atomic E-state index is 10.8. The van der Waals surface area contributed by atoms with Gasteiger partial charge in [0, 0.05) is 15.9 Å². The number of halogens is 2. The lowest BCUT2D eigenvalue weighted by Crippen LogP contribution is -2.05. The van der Waals surface area contributed by atoms with E-state index in [1.54, 1.807) is 12.1 Å². The van der Waals surface area contributed by atoms with Gasteiger partial charge in [-0.05, 0) is 40.5 Å². The molecule has 0 fully saturated rings. The molecule has 2 rings (SSSR count). The van der Waals surface area contributed by atoms with Crippen molar-refractivity contribution in [1.29, 1.82) is 0 Å². The van der Waals surface area contributed by atoms with Crippen molar-refractivity contribution in [3.05, 3.63) is 33.5 Å². The molecule has 0 atom stereocenters. The monoisotopic (exact) mass is 389 g/mol. The molecular weight excluding hydrogens is 378 g/mol. The summed E-state index contributed by atoms with van der Waals surface area (Å²) < 4.78 is 2.70. The molecule has 0 aliphatic carbocycles. The highest BCUT2D eigenvalue weighted by molar-refractivity contribution is 9.10. The van der Waals surface area contributed by atoms with Gasteiger partial charge in [0.15, 0.2) is 5.16 Å². The Labute approximate surface area is 139 Å². The van der Waals surface area contributed by atoms with Crippen molar-refractivity contribution in [3.8, 4) is 5.69 Å². The quantitative estimate of drug-likeness (QED) is 0.760. The van der Waals surface area contributed by atoms with E-state index in [0.717, 1.165) is 40.6 Å². The molecule has 0 aliphatic rings. The van der Waals surface area contributed by atoms with Crippen LogP contribution in [0.5, 0.6) is 0 Å². The van der Waals surface area contributed by atoms with E-state index in [1.165, 1.54) is 0 Å². The van der Waals surface area contributed by atoms with Crippen LogP contribution in [0.4, 0.5) is 0 Å². The van der Waals surface area contributed by atoms with Crippen LogP contribution in [0.25, 0.3) is 5.69 Å². The minimum atomic E-state index is -0.892. The molecule has 1 aromatic heterocycles. The number of benzene rings is 1. The Hall–Kier alpha value is -1.05. The molecule has 0 radical (unpaired) electrons. The molecule has 0 spiro atoms. The van der Waals surface area contributed by atoms with Gasteiger partial charge in [-0.2, -0.15) is 0 Å². The van der Waals surface area contributed by atoms with Gasteiger partial charge < -0.3 is 5.11 Å². The number of rotatable bonds is 6. The van der Waals surface area contributed by atoms with Crippen molar-refractivity contribution >= 4 is 45.3 Å². The highest BCUT2D eigenvalue weighted by atomic mass is 79.9. The number of hydrogen-bond donors (Lipinski definition) is 1. The van der Waals surface area contributed by atoms with E-state index in [-0.39, 0.29) is 5.75 Å². The lowest BCUT2D eigenvalue weighted by molar-refractivity contribution is -0.133. The third kappa shape index (κ3) is 3.99. The summed E-state index contributed by atoms with van der Waals surface area (Å²) in [4.78, 5) is 10.8. The number of carboxylic acids is 1. The molecule has 1 aromatic carbocycles. The number of aromatic nitrogens is 3. The molecule has 8 heteroatoms. The highest BCUT2D eigenvalue weighted by Gasteiger charge is 2.17. The Balaban J connectivity index is 2.49. The van der Waals surface area contributed by atoms with Crippen LogP contribution in [0, 0.1) is 0 Å². The van der Waals surface area contributed by atoms with Crippen molar-refractivity contribution in [2.75, 3.05) is 5.75 Å². The predicted octanol–water partition coefficient (Wildman–Crippen LogP) is 3.81. The van der Waals surface area contributed by atoms with Crippen LogP contribution in [0.3, 0.4) is 0 Å². The van der Waals surface area contributed by atoms with E-state index < -0.39 is 5.97 Å². The first kappa shape index (κ1) is 16.3. The molecule has 2 aromatic rings. The molecule has 112 valence electrons. The van der Waals surface area contributed by atoms with Gasteiger partial charge in [0.05, 0.1) is 11.4 Å². The second kappa shape index (κ2) is 7.29. The van der Waals surface area contributed by atoms with Crippen LogP contribution in [-0.4, -0.2) is 31.6 Å². The minimum absolute atomic E-state index is 0.0670. The van der Waals surface area contributed by atoms with E-state index in [2.05, 4.69) is 33.1 Å². The zero-order valence-corrected chi connectivity index (χ0v) is 14.4. The van der Waals surface area contributed by atoms with Crippen molar-refractivity contribution in [1.82, 2.24) is 14.8 Å². The summed E-state index contributed by atoms with van der Waals surface area (Å²) in [6.07, 6.45) is 1.67. The first-order valence-corrected chi connectivity index (χ1v) is 8.43. The molecule has 0 aliphatic heterocycles.